The third kappa shape index (κ3) is 1.37. The van der Waals surface area contributed by atoms with Crippen LogP contribution in [-0.4, -0.2) is 19.7 Å². The van der Waals surface area contributed by atoms with Crippen LogP contribution in [0.4, 0.5) is 0 Å². The van der Waals surface area contributed by atoms with Crippen LogP contribution in [0.2, 0.25) is 5.02 Å². The lowest BCUT2D eigenvalue weighted by atomic mass is 10.4. The Balaban J connectivity index is 2.61. The molecule has 0 aromatic carbocycles. The van der Waals surface area contributed by atoms with Gasteiger partial charge >= 0.3 is 0 Å². The van der Waals surface area contributed by atoms with Crippen molar-refractivity contribution >= 4 is 22.8 Å². The number of aryl methyl sites for hydroxylation is 1. The van der Waals surface area contributed by atoms with Crippen molar-refractivity contribution in [3.63, 3.8) is 0 Å². The van der Waals surface area contributed by atoms with Gasteiger partial charge in [0.05, 0.1) is 17.5 Å². The summed E-state index contributed by atoms with van der Waals surface area (Å²) in [5, 5.41) is 8.33. The van der Waals surface area contributed by atoms with E-state index in [-0.39, 0.29) is 0 Å². The van der Waals surface area contributed by atoms with E-state index < -0.39 is 0 Å². The molecule has 2 aromatic rings. The van der Waals surface area contributed by atoms with Gasteiger partial charge in [-0.05, 0) is 6.42 Å². The first-order valence-corrected chi connectivity index (χ1v) is 4.52. The average Bonchev–Trinajstić information content (AvgIpc) is 2.51. The van der Waals surface area contributed by atoms with Crippen molar-refractivity contribution in [1.82, 2.24) is 19.7 Å². The molecule has 0 saturated carbocycles. The lowest BCUT2D eigenvalue weighted by Gasteiger charge is -1.98. The molecule has 0 spiro atoms. The second-order valence-electron chi connectivity index (χ2n) is 2.80. The number of nitrogens with zero attached hydrogens (tertiary/aromatic N) is 4. The molecular formula is C8H9ClN4. The summed E-state index contributed by atoms with van der Waals surface area (Å²) in [5.74, 6) is 0. The maximum Gasteiger partial charge on any atom is 0.183 e. The molecule has 0 aliphatic carbocycles. The Morgan fingerprint density at radius 2 is 2.38 bits per heavy atom. The summed E-state index contributed by atoms with van der Waals surface area (Å²) >= 11 is 5.89. The SMILES string of the molecule is CCCn1cnc2c(Cl)cnnc21. The summed E-state index contributed by atoms with van der Waals surface area (Å²) in [4.78, 5) is 4.17. The maximum absolute atomic E-state index is 5.89. The number of hydrogen-bond donors (Lipinski definition) is 0. The van der Waals surface area contributed by atoms with Gasteiger partial charge in [0.2, 0.25) is 0 Å². The maximum atomic E-state index is 5.89. The summed E-state index contributed by atoms with van der Waals surface area (Å²) in [6, 6.07) is 0. The first-order chi connectivity index (χ1) is 6.33. The van der Waals surface area contributed by atoms with Crippen LogP contribution in [0.5, 0.6) is 0 Å². The van der Waals surface area contributed by atoms with Crippen LogP contribution in [0, 0.1) is 0 Å². The zero-order chi connectivity index (χ0) is 9.26. The van der Waals surface area contributed by atoms with Gasteiger partial charge in [0.15, 0.2) is 5.65 Å². The third-order valence-corrected chi connectivity index (χ3v) is 2.10. The molecule has 0 bridgehead atoms. The highest BCUT2D eigenvalue weighted by molar-refractivity contribution is 6.34. The van der Waals surface area contributed by atoms with E-state index in [2.05, 4.69) is 22.1 Å². The number of hydrogen-bond acceptors (Lipinski definition) is 3. The molecule has 0 unspecified atom stereocenters. The Morgan fingerprint density at radius 3 is 3.15 bits per heavy atom. The van der Waals surface area contributed by atoms with Crippen LogP contribution in [0.3, 0.4) is 0 Å². The molecule has 0 radical (unpaired) electrons. The zero-order valence-electron chi connectivity index (χ0n) is 7.24. The molecule has 0 fully saturated rings. The minimum absolute atomic E-state index is 0.555. The van der Waals surface area contributed by atoms with E-state index >= 15 is 0 Å². The van der Waals surface area contributed by atoms with E-state index in [1.807, 2.05) is 4.57 Å². The minimum Gasteiger partial charge on any atom is -0.314 e. The Hall–Kier alpha value is -1.16. The van der Waals surface area contributed by atoms with Crippen LogP contribution in [0.1, 0.15) is 13.3 Å². The zero-order valence-corrected chi connectivity index (χ0v) is 7.99. The normalized spacial score (nSPS) is 10.9. The average molecular weight is 197 g/mol. The van der Waals surface area contributed by atoms with Crippen molar-refractivity contribution in [2.24, 2.45) is 0 Å². The summed E-state index contributed by atoms with van der Waals surface area (Å²) in [5.41, 5.74) is 1.49. The van der Waals surface area contributed by atoms with Gasteiger partial charge in [-0.3, -0.25) is 0 Å². The number of rotatable bonds is 2. The summed E-state index contributed by atoms with van der Waals surface area (Å²) in [6.07, 6.45) is 4.29. The van der Waals surface area contributed by atoms with Gasteiger partial charge in [-0.1, -0.05) is 18.5 Å². The third-order valence-electron chi connectivity index (χ3n) is 1.82. The van der Waals surface area contributed by atoms with Crippen LogP contribution < -0.4 is 0 Å². The second-order valence-corrected chi connectivity index (χ2v) is 3.21. The molecule has 5 heteroatoms. The van der Waals surface area contributed by atoms with Gasteiger partial charge in [-0.15, -0.1) is 5.10 Å². The Kier molecular flexibility index (Phi) is 2.14. The predicted octanol–water partition coefficient (Wildman–Crippen LogP) is 1.89. The molecule has 2 aromatic heterocycles. The Bertz CT molecular complexity index is 423. The smallest absolute Gasteiger partial charge is 0.183 e. The Morgan fingerprint density at radius 1 is 1.54 bits per heavy atom. The number of aromatic nitrogens is 4. The highest BCUT2D eigenvalue weighted by atomic mass is 35.5. The van der Waals surface area contributed by atoms with Gasteiger partial charge in [-0.25, -0.2) is 4.98 Å². The van der Waals surface area contributed by atoms with E-state index in [1.54, 1.807) is 6.33 Å². The van der Waals surface area contributed by atoms with Crippen LogP contribution in [-0.2, 0) is 6.54 Å². The van der Waals surface area contributed by atoms with E-state index in [0.717, 1.165) is 24.1 Å². The first kappa shape index (κ1) is 8.44. The van der Waals surface area contributed by atoms with E-state index in [0.29, 0.717) is 5.02 Å². The summed E-state index contributed by atoms with van der Waals surface area (Å²) < 4.78 is 1.95. The summed E-state index contributed by atoms with van der Waals surface area (Å²) in [6.45, 7) is 3.00. The molecule has 0 saturated heterocycles. The van der Waals surface area contributed by atoms with Gasteiger partial charge in [-0.2, -0.15) is 5.10 Å². The van der Waals surface area contributed by atoms with Crippen molar-refractivity contribution in [3.05, 3.63) is 17.5 Å². The van der Waals surface area contributed by atoms with Crippen molar-refractivity contribution in [2.45, 2.75) is 19.9 Å². The quantitative estimate of drug-likeness (QED) is 0.737. The molecule has 2 rings (SSSR count). The fraction of sp³-hybridized carbons (Fsp3) is 0.375. The van der Waals surface area contributed by atoms with Gasteiger partial charge in [0.1, 0.15) is 5.52 Å². The van der Waals surface area contributed by atoms with Crippen LogP contribution in [0.25, 0.3) is 11.2 Å². The monoisotopic (exact) mass is 196 g/mol. The molecule has 2 heterocycles. The lowest BCUT2D eigenvalue weighted by Crippen LogP contribution is -1.96. The molecule has 0 N–H and O–H groups in total. The second kappa shape index (κ2) is 3.30. The molecule has 0 aliphatic rings. The number of halogens is 1. The topological polar surface area (TPSA) is 43.6 Å². The standard InChI is InChI=1S/C8H9ClN4/c1-2-3-13-5-10-7-6(9)4-11-12-8(7)13/h4-5H,2-3H2,1H3. The fourth-order valence-electron chi connectivity index (χ4n) is 1.25. The van der Waals surface area contributed by atoms with Crippen LogP contribution in [0.15, 0.2) is 12.5 Å². The molecular weight excluding hydrogens is 188 g/mol. The number of fused-ring (bicyclic) bond motifs is 1. The van der Waals surface area contributed by atoms with Crippen molar-refractivity contribution in [1.29, 1.82) is 0 Å². The van der Waals surface area contributed by atoms with Crippen molar-refractivity contribution in [2.75, 3.05) is 0 Å². The van der Waals surface area contributed by atoms with Crippen LogP contribution >= 0.6 is 11.6 Å². The molecule has 4 nitrogen and oxygen atoms in total. The Labute approximate surface area is 80.6 Å². The first-order valence-electron chi connectivity index (χ1n) is 4.15. The minimum atomic E-state index is 0.555. The fourth-order valence-corrected chi connectivity index (χ4v) is 1.43. The van der Waals surface area contributed by atoms with Gasteiger partial charge in [0.25, 0.3) is 0 Å². The molecule has 68 valence electrons. The highest BCUT2D eigenvalue weighted by Gasteiger charge is 2.06. The molecule has 13 heavy (non-hydrogen) atoms. The van der Waals surface area contributed by atoms with Crippen molar-refractivity contribution < 1.29 is 0 Å². The number of imidazole rings is 1. The highest BCUT2D eigenvalue weighted by Crippen LogP contribution is 2.18. The lowest BCUT2D eigenvalue weighted by molar-refractivity contribution is 0.688. The van der Waals surface area contributed by atoms with Gasteiger partial charge in [0, 0.05) is 6.54 Å². The predicted molar refractivity (Wildman–Crippen MR) is 50.6 cm³/mol. The van der Waals surface area contributed by atoms with E-state index in [4.69, 9.17) is 11.6 Å². The van der Waals surface area contributed by atoms with E-state index in [1.165, 1.54) is 6.20 Å². The summed E-state index contributed by atoms with van der Waals surface area (Å²) in [7, 11) is 0. The molecule has 0 atom stereocenters. The van der Waals surface area contributed by atoms with Crippen molar-refractivity contribution in [3.8, 4) is 0 Å². The largest absolute Gasteiger partial charge is 0.314 e. The van der Waals surface area contributed by atoms with E-state index in [9.17, 15) is 0 Å². The molecule has 0 aliphatic heterocycles. The van der Waals surface area contributed by atoms with Gasteiger partial charge < -0.3 is 4.57 Å². The molecule has 0 amide bonds.